The number of ether oxygens (including phenoxy) is 1. The predicted molar refractivity (Wildman–Crippen MR) is 56.1 cm³/mol. The lowest BCUT2D eigenvalue weighted by Gasteiger charge is -2.02. The van der Waals surface area contributed by atoms with E-state index in [2.05, 4.69) is 15.0 Å². The molecule has 0 aliphatic heterocycles. The second-order valence-electron chi connectivity index (χ2n) is 3.16. The molecular formula is C9H13N5O. The molecular weight excluding hydrogens is 194 g/mol. The van der Waals surface area contributed by atoms with Crippen LogP contribution in [0, 0.1) is 0 Å². The van der Waals surface area contributed by atoms with Gasteiger partial charge in [-0.1, -0.05) is 0 Å². The van der Waals surface area contributed by atoms with E-state index in [-0.39, 0.29) is 5.95 Å². The maximum absolute atomic E-state index is 5.62. The smallest absolute Gasteiger partial charge is 0.222 e. The lowest BCUT2D eigenvalue weighted by atomic mass is 10.4. The van der Waals surface area contributed by atoms with Crippen molar-refractivity contribution in [3.8, 4) is 0 Å². The number of nitrogens with two attached hydrogens (primary N) is 1. The van der Waals surface area contributed by atoms with Gasteiger partial charge in [-0.2, -0.15) is 4.98 Å². The molecule has 15 heavy (non-hydrogen) atoms. The fourth-order valence-corrected chi connectivity index (χ4v) is 1.49. The molecule has 0 unspecified atom stereocenters. The number of hydrogen-bond donors (Lipinski definition) is 1. The van der Waals surface area contributed by atoms with Crippen LogP contribution in [-0.2, 0) is 17.9 Å². The Balaban J connectivity index is 2.65. The van der Waals surface area contributed by atoms with E-state index in [1.165, 1.54) is 0 Å². The van der Waals surface area contributed by atoms with Crippen LogP contribution in [0.2, 0.25) is 0 Å². The van der Waals surface area contributed by atoms with E-state index in [0.717, 1.165) is 23.4 Å². The lowest BCUT2D eigenvalue weighted by Crippen LogP contribution is -2.03. The van der Waals surface area contributed by atoms with Crippen molar-refractivity contribution in [2.24, 2.45) is 0 Å². The average Bonchev–Trinajstić information content (AvgIpc) is 2.61. The zero-order chi connectivity index (χ0) is 10.8. The molecule has 0 aliphatic carbocycles. The van der Waals surface area contributed by atoms with Crippen molar-refractivity contribution in [1.29, 1.82) is 0 Å². The molecule has 2 aromatic heterocycles. The first-order valence-electron chi connectivity index (χ1n) is 4.72. The largest absolute Gasteiger partial charge is 0.378 e. The maximum Gasteiger partial charge on any atom is 0.222 e. The van der Waals surface area contributed by atoms with Gasteiger partial charge in [0.2, 0.25) is 5.95 Å². The fourth-order valence-electron chi connectivity index (χ4n) is 1.49. The summed E-state index contributed by atoms with van der Waals surface area (Å²) in [4.78, 5) is 12.5. The van der Waals surface area contributed by atoms with E-state index >= 15 is 0 Å². The van der Waals surface area contributed by atoms with Crippen LogP contribution in [0.15, 0.2) is 6.33 Å². The number of rotatable bonds is 3. The number of fused-ring (bicyclic) bond motifs is 1. The van der Waals surface area contributed by atoms with Crippen LogP contribution in [-0.4, -0.2) is 26.6 Å². The summed E-state index contributed by atoms with van der Waals surface area (Å²) in [7, 11) is 1.61. The molecule has 0 atom stereocenters. The zero-order valence-corrected chi connectivity index (χ0v) is 8.77. The molecule has 0 saturated heterocycles. The van der Waals surface area contributed by atoms with Crippen molar-refractivity contribution in [3.05, 3.63) is 12.0 Å². The fraction of sp³-hybridized carbons (Fsp3) is 0.444. The molecule has 2 heterocycles. The van der Waals surface area contributed by atoms with Gasteiger partial charge >= 0.3 is 0 Å². The van der Waals surface area contributed by atoms with Crippen molar-refractivity contribution in [1.82, 2.24) is 19.5 Å². The van der Waals surface area contributed by atoms with Crippen molar-refractivity contribution < 1.29 is 4.74 Å². The number of aryl methyl sites for hydroxylation is 1. The number of aromatic nitrogens is 4. The molecule has 0 radical (unpaired) electrons. The Hall–Kier alpha value is -1.69. The summed E-state index contributed by atoms with van der Waals surface area (Å²) in [5.74, 6) is 0.254. The number of hydrogen-bond acceptors (Lipinski definition) is 5. The van der Waals surface area contributed by atoms with Crippen LogP contribution in [0.5, 0.6) is 0 Å². The van der Waals surface area contributed by atoms with Crippen LogP contribution >= 0.6 is 0 Å². The van der Waals surface area contributed by atoms with Crippen LogP contribution in [0.3, 0.4) is 0 Å². The molecule has 6 nitrogen and oxygen atoms in total. The molecule has 0 fully saturated rings. The summed E-state index contributed by atoms with van der Waals surface area (Å²) in [6.07, 6.45) is 1.73. The molecule has 80 valence electrons. The molecule has 0 aromatic carbocycles. The van der Waals surface area contributed by atoms with Crippen molar-refractivity contribution in [2.75, 3.05) is 12.8 Å². The second-order valence-corrected chi connectivity index (χ2v) is 3.16. The Kier molecular flexibility index (Phi) is 2.51. The quantitative estimate of drug-likeness (QED) is 0.796. The SMILES string of the molecule is CCn1cnc2c(COC)nc(N)nc21. The highest BCUT2D eigenvalue weighted by Crippen LogP contribution is 2.15. The molecule has 0 aliphatic rings. The minimum Gasteiger partial charge on any atom is -0.378 e. The number of methoxy groups -OCH3 is 1. The Labute approximate surface area is 87.1 Å². The van der Waals surface area contributed by atoms with Crippen LogP contribution in [0.4, 0.5) is 5.95 Å². The van der Waals surface area contributed by atoms with Crippen LogP contribution in [0.25, 0.3) is 11.2 Å². The third kappa shape index (κ3) is 1.63. The third-order valence-electron chi connectivity index (χ3n) is 2.18. The Morgan fingerprint density at radius 3 is 2.93 bits per heavy atom. The monoisotopic (exact) mass is 207 g/mol. The first-order chi connectivity index (χ1) is 7.26. The van der Waals surface area contributed by atoms with Gasteiger partial charge in [0.15, 0.2) is 5.65 Å². The van der Waals surface area contributed by atoms with Gasteiger partial charge in [0.1, 0.15) is 5.52 Å². The molecule has 2 N–H and O–H groups in total. The standard InChI is InChI=1S/C9H13N5O/c1-3-14-5-11-7-6(4-15-2)12-9(10)13-8(7)14/h5H,3-4H2,1-2H3,(H2,10,12,13). The molecule has 6 heteroatoms. The highest BCUT2D eigenvalue weighted by atomic mass is 16.5. The normalized spacial score (nSPS) is 11.1. The van der Waals surface area contributed by atoms with E-state index in [4.69, 9.17) is 10.5 Å². The number of anilines is 1. The molecule has 0 bridgehead atoms. The molecule has 2 rings (SSSR count). The molecule has 2 aromatic rings. The van der Waals surface area contributed by atoms with Gasteiger partial charge in [0, 0.05) is 13.7 Å². The van der Waals surface area contributed by atoms with Gasteiger partial charge in [-0.05, 0) is 6.92 Å². The number of nitrogens with zero attached hydrogens (tertiary/aromatic N) is 4. The van der Waals surface area contributed by atoms with Crippen molar-refractivity contribution in [3.63, 3.8) is 0 Å². The van der Waals surface area contributed by atoms with Gasteiger partial charge in [0.25, 0.3) is 0 Å². The number of nitrogen functional groups attached to an aromatic ring is 1. The highest BCUT2D eigenvalue weighted by Gasteiger charge is 2.10. The molecule has 0 spiro atoms. The highest BCUT2D eigenvalue weighted by molar-refractivity contribution is 5.74. The second kappa shape index (κ2) is 3.82. The molecule has 0 saturated carbocycles. The minimum atomic E-state index is 0.254. The van der Waals surface area contributed by atoms with Gasteiger partial charge in [-0.25, -0.2) is 9.97 Å². The summed E-state index contributed by atoms with van der Waals surface area (Å²) in [5.41, 5.74) is 7.87. The van der Waals surface area contributed by atoms with E-state index in [0.29, 0.717) is 6.61 Å². The Morgan fingerprint density at radius 2 is 2.27 bits per heavy atom. The lowest BCUT2D eigenvalue weighted by molar-refractivity contribution is 0.182. The Bertz CT molecular complexity index is 479. The van der Waals surface area contributed by atoms with Crippen molar-refractivity contribution in [2.45, 2.75) is 20.1 Å². The third-order valence-corrected chi connectivity index (χ3v) is 2.18. The van der Waals surface area contributed by atoms with Crippen LogP contribution < -0.4 is 5.73 Å². The Morgan fingerprint density at radius 1 is 1.47 bits per heavy atom. The maximum atomic E-state index is 5.62. The van der Waals surface area contributed by atoms with E-state index in [1.54, 1.807) is 13.4 Å². The minimum absolute atomic E-state index is 0.254. The first kappa shape index (κ1) is 9.85. The summed E-state index contributed by atoms with van der Waals surface area (Å²) >= 11 is 0. The van der Waals surface area contributed by atoms with E-state index < -0.39 is 0 Å². The summed E-state index contributed by atoms with van der Waals surface area (Å²) in [6, 6.07) is 0. The first-order valence-corrected chi connectivity index (χ1v) is 4.72. The van der Waals surface area contributed by atoms with E-state index in [9.17, 15) is 0 Å². The van der Waals surface area contributed by atoms with Gasteiger partial charge in [-0.15, -0.1) is 0 Å². The van der Waals surface area contributed by atoms with Crippen molar-refractivity contribution >= 4 is 17.1 Å². The van der Waals surface area contributed by atoms with Gasteiger partial charge in [0.05, 0.1) is 18.6 Å². The average molecular weight is 207 g/mol. The zero-order valence-electron chi connectivity index (χ0n) is 8.77. The topological polar surface area (TPSA) is 78.8 Å². The van der Waals surface area contributed by atoms with E-state index in [1.807, 2.05) is 11.5 Å². The van der Waals surface area contributed by atoms with Crippen LogP contribution in [0.1, 0.15) is 12.6 Å². The number of imidazole rings is 1. The van der Waals surface area contributed by atoms with Gasteiger partial charge in [-0.3, -0.25) is 0 Å². The summed E-state index contributed by atoms with van der Waals surface area (Å²) in [5, 5.41) is 0. The molecule has 0 amide bonds. The van der Waals surface area contributed by atoms with Gasteiger partial charge < -0.3 is 15.0 Å². The summed E-state index contributed by atoms with van der Waals surface area (Å²) < 4.78 is 6.96. The summed E-state index contributed by atoms with van der Waals surface area (Å²) in [6.45, 7) is 3.22. The predicted octanol–water partition coefficient (Wildman–Crippen LogP) is 0.575.